The molecule has 19 heteroatoms. The fourth-order valence-corrected chi connectivity index (χ4v) is 10.6. The lowest BCUT2D eigenvalue weighted by molar-refractivity contribution is -0.136. The van der Waals surface area contributed by atoms with E-state index in [9.17, 15) is 19.2 Å². The van der Waals surface area contributed by atoms with Gasteiger partial charge >= 0.3 is 12.2 Å². The zero-order valence-electron chi connectivity index (χ0n) is 39.4. The molecule has 6 aromatic rings. The van der Waals surface area contributed by atoms with Crippen molar-refractivity contribution >= 4 is 46.2 Å². The van der Waals surface area contributed by atoms with E-state index < -0.39 is 36.3 Å². The molecule has 0 aliphatic carbocycles. The first kappa shape index (κ1) is 46.4. The number of halogens is 1. The first-order valence-corrected chi connectivity index (χ1v) is 24.0. The molecule has 17 nitrogen and oxygen atoms in total. The zero-order chi connectivity index (χ0) is 48.1. The second kappa shape index (κ2) is 18.7. The van der Waals surface area contributed by atoms with Gasteiger partial charge in [0, 0.05) is 40.7 Å². The number of carbonyl (C=O) groups excluding carboxylic acids is 4. The minimum atomic E-state index is -0.776. The number of imidazole rings is 2. The molecule has 2 saturated heterocycles. The quantitative estimate of drug-likeness (QED) is 0.0918. The van der Waals surface area contributed by atoms with E-state index in [1.54, 1.807) is 33.5 Å². The van der Waals surface area contributed by atoms with Gasteiger partial charge in [-0.25, -0.2) is 28.9 Å². The Morgan fingerprint density at radius 2 is 1.34 bits per heavy atom. The number of aromatic amines is 2. The highest BCUT2D eigenvalue weighted by atomic mass is 32.1. The van der Waals surface area contributed by atoms with Crippen LogP contribution < -0.4 is 15.4 Å². The number of ether oxygens (including phenoxy) is 3. The molecule has 4 N–H and O–H groups in total. The van der Waals surface area contributed by atoms with Crippen molar-refractivity contribution in [2.75, 3.05) is 27.3 Å². The number of H-pyrrole nitrogens is 2. The Bertz CT molecular complexity index is 2880. The molecule has 2 aromatic carbocycles. The van der Waals surface area contributed by atoms with Crippen molar-refractivity contribution in [3.8, 4) is 39.5 Å². The molecule has 3 aliphatic rings. The fourth-order valence-electron chi connectivity index (χ4n) is 9.63. The number of likely N-dealkylation sites (tertiary alicyclic amines) is 2. The summed E-state index contributed by atoms with van der Waals surface area (Å²) in [4.78, 5) is 77.6. The maximum atomic E-state index is 16.9. The molecule has 5 atom stereocenters. The molecule has 4 aromatic heterocycles. The second-order valence-corrected chi connectivity index (χ2v) is 19.8. The molecule has 7 heterocycles. The van der Waals surface area contributed by atoms with E-state index >= 15 is 4.39 Å². The summed E-state index contributed by atoms with van der Waals surface area (Å²) in [6.45, 7) is 12.8. The highest BCUT2D eigenvalue weighted by Crippen LogP contribution is 2.48. The van der Waals surface area contributed by atoms with Crippen molar-refractivity contribution in [1.82, 2.24) is 49.9 Å². The minimum absolute atomic E-state index is 0.156. The summed E-state index contributed by atoms with van der Waals surface area (Å²) in [5, 5.41) is 6.95. The van der Waals surface area contributed by atoms with Crippen molar-refractivity contribution in [2.24, 2.45) is 11.8 Å². The van der Waals surface area contributed by atoms with Crippen molar-refractivity contribution in [1.29, 1.82) is 0 Å². The van der Waals surface area contributed by atoms with Crippen LogP contribution in [0.5, 0.6) is 5.75 Å². The monoisotopic (exact) mass is 948 g/mol. The van der Waals surface area contributed by atoms with Gasteiger partial charge in [-0.15, -0.1) is 11.3 Å². The van der Waals surface area contributed by atoms with Crippen LogP contribution in [-0.4, -0.2) is 103 Å². The molecular weight excluding hydrogens is 892 g/mol. The summed E-state index contributed by atoms with van der Waals surface area (Å²) >= 11 is 1.56. The number of alkyl carbamates (subject to hydrolysis) is 2. The summed E-state index contributed by atoms with van der Waals surface area (Å²) in [6.07, 6.45) is 6.18. The molecule has 0 spiro atoms. The van der Waals surface area contributed by atoms with Gasteiger partial charge in [0.1, 0.15) is 35.3 Å². The van der Waals surface area contributed by atoms with Crippen LogP contribution in [0.2, 0.25) is 0 Å². The molecule has 9 rings (SSSR count). The van der Waals surface area contributed by atoms with Gasteiger partial charge in [0.25, 0.3) is 0 Å². The van der Waals surface area contributed by atoms with Crippen LogP contribution in [0.1, 0.15) is 113 Å². The second-order valence-electron chi connectivity index (χ2n) is 18.7. The van der Waals surface area contributed by atoms with Crippen molar-refractivity contribution in [3.05, 3.63) is 82.3 Å². The number of fused-ring (bicyclic) bond motifs is 5. The third kappa shape index (κ3) is 8.56. The Morgan fingerprint density at radius 3 is 1.87 bits per heavy atom. The first-order chi connectivity index (χ1) is 32.6. The summed E-state index contributed by atoms with van der Waals surface area (Å²) < 4.78 is 35.3. The number of methoxy groups -OCH3 is 2. The van der Waals surface area contributed by atoms with E-state index in [4.69, 9.17) is 29.2 Å². The number of aromatic nitrogens is 6. The number of nitrogens with one attached hydrogen (secondary N) is 4. The number of thiazole rings is 1. The smallest absolute Gasteiger partial charge is 0.407 e. The summed E-state index contributed by atoms with van der Waals surface area (Å²) in [6, 6.07) is 9.09. The van der Waals surface area contributed by atoms with Crippen molar-refractivity contribution in [2.45, 2.75) is 104 Å². The Hall–Kier alpha value is -6.76. The molecule has 3 aliphatic heterocycles. The molecule has 358 valence electrons. The van der Waals surface area contributed by atoms with Gasteiger partial charge in [0.05, 0.1) is 66.9 Å². The molecule has 0 bridgehead atoms. The standard InChI is InChI=1S/C49H57FN10O7S/c1-24(2)38-23-53-44(68-38)47-60-33-14-13-27(31-21-51-42(54-31)34-11-9-15-58(34)45(61)40(25(3)4)56-48(63)65-7)17-29(33)19-36(60)39-30(50)18-28(20-37(39)67-47)32-22-52-43(55-32)35-12-10-16-59(35)46(62)41(26(5)6)57-49(64)66-8/h13-14,17-26,34-35,40-41,47H,9-12,15-16H2,1-8H3,(H,51,54)(H,52,55)(H,56,63)(H,57,64)/t34-,35-,40-,41-,47?/m0/s1. The van der Waals surface area contributed by atoms with Gasteiger partial charge < -0.3 is 44.6 Å². The van der Waals surface area contributed by atoms with E-state index in [1.807, 2.05) is 68.8 Å². The van der Waals surface area contributed by atoms with E-state index in [0.29, 0.717) is 65.8 Å². The van der Waals surface area contributed by atoms with E-state index in [-0.39, 0.29) is 41.7 Å². The minimum Gasteiger partial charge on any atom is -0.462 e. The lowest BCUT2D eigenvalue weighted by Gasteiger charge is -2.30. The fraction of sp³-hybridized carbons (Fsp3) is 0.449. The third-order valence-electron chi connectivity index (χ3n) is 13.2. The number of amides is 4. The average Bonchev–Trinajstić information content (AvgIpc) is 4.18. The Balaban J connectivity index is 1.03. The summed E-state index contributed by atoms with van der Waals surface area (Å²) in [5.41, 5.74) is 4.45. The summed E-state index contributed by atoms with van der Waals surface area (Å²) in [7, 11) is 2.54. The molecular formula is C49H57FN10O7S. The number of hydrogen-bond donors (Lipinski definition) is 4. The van der Waals surface area contributed by atoms with Crippen molar-refractivity contribution < 1.29 is 37.8 Å². The maximum absolute atomic E-state index is 16.9. The maximum Gasteiger partial charge on any atom is 0.407 e. The largest absolute Gasteiger partial charge is 0.462 e. The van der Waals surface area contributed by atoms with Crippen molar-refractivity contribution in [3.63, 3.8) is 0 Å². The lowest BCUT2D eigenvalue weighted by Crippen LogP contribution is -2.51. The number of benzene rings is 2. The highest BCUT2D eigenvalue weighted by Gasteiger charge is 2.40. The van der Waals surface area contributed by atoms with Crippen LogP contribution in [0.4, 0.5) is 14.0 Å². The van der Waals surface area contributed by atoms with Crippen LogP contribution in [-0.2, 0) is 19.1 Å². The Morgan fingerprint density at radius 1 is 0.765 bits per heavy atom. The van der Waals surface area contributed by atoms with E-state index in [2.05, 4.69) is 34.4 Å². The molecule has 68 heavy (non-hydrogen) atoms. The zero-order valence-corrected chi connectivity index (χ0v) is 40.2. The van der Waals surface area contributed by atoms with Crippen LogP contribution >= 0.6 is 11.3 Å². The topological polar surface area (TPSA) is 202 Å². The molecule has 4 amide bonds. The molecule has 2 fully saturated rings. The van der Waals surface area contributed by atoms with Gasteiger partial charge in [0.15, 0.2) is 5.01 Å². The number of rotatable bonds is 12. The van der Waals surface area contributed by atoms with Crippen LogP contribution in [0.3, 0.4) is 0 Å². The molecule has 0 saturated carbocycles. The molecule has 1 unspecified atom stereocenters. The van der Waals surface area contributed by atoms with Gasteiger partial charge in [0.2, 0.25) is 18.0 Å². The van der Waals surface area contributed by atoms with E-state index in [0.717, 1.165) is 44.9 Å². The predicted molar refractivity (Wildman–Crippen MR) is 253 cm³/mol. The SMILES string of the molecule is COC(=O)N[C@H](C(=O)N1CCC[C@H]1c1ncc(-c2cc(F)c3c(c2)OC(c2ncc(C(C)C)s2)n2c-3cc3cc(-c4cnc([C@@H]5CCCN5C(=O)[C@@H](NC(=O)OC)C(C)C)[nH]4)ccc32)[nH]1)C(C)C. The Labute approximate surface area is 397 Å². The predicted octanol–water partition coefficient (Wildman–Crippen LogP) is 8.84. The summed E-state index contributed by atoms with van der Waals surface area (Å²) in [5.74, 6) is 0.577. The van der Waals surface area contributed by atoms with Gasteiger partial charge in [-0.1, -0.05) is 47.6 Å². The third-order valence-corrected chi connectivity index (χ3v) is 14.6. The number of nitrogens with zero attached hydrogens (tertiary/aromatic N) is 6. The Kier molecular flexibility index (Phi) is 12.8. The highest BCUT2D eigenvalue weighted by molar-refractivity contribution is 7.11. The van der Waals surface area contributed by atoms with Gasteiger partial charge in [-0.3, -0.25) is 14.2 Å². The average molecular weight is 949 g/mol. The number of carbonyl (C=O) groups is 4. The van der Waals surface area contributed by atoms with Crippen LogP contribution in [0, 0.1) is 17.7 Å². The van der Waals surface area contributed by atoms with Gasteiger partial charge in [-0.2, -0.15) is 0 Å². The van der Waals surface area contributed by atoms with Crippen LogP contribution in [0.15, 0.2) is 55.0 Å². The first-order valence-electron chi connectivity index (χ1n) is 23.2. The normalized spacial score (nSPS) is 18.7. The van der Waals surface area contributed by atoms with Crippen LogP contribution in [0.25, 0.3) is 44.7 Å². The molecule has 0 radical (unpaired) electrons. The van der Waals surface area contributed by atoms with Gasteiger partial charge in [-0.05, 0) is 73.8 Å². The lowest BCUT2D eigenvalue weighted by atomic mass is 10.0. The number of hydrogen-bond acceptors (Lipinski definition) is 11. The van der Waals surface area contributed by atoms with E-state index in [1.165, 1.54) is 20.3 Å².